The third-order valence-electron chi connectivity index (χ3n) is 2.91. The molecule has 0 bridgehead atoms. The van der Waals surface area contributed by atoms with Crippen LogP contribution in [0.25, 0.3) is 0 Å². The molecule has 0 saturated heterocycles. The van der Waals surface area contributed by atoms with E-state index in [2.05, 4.69) is 4.72 Å². The molecule has 2 aromatic rings. The lowest BCUT2D eigenvalue weighted by atomic mass is 10.2. The zero-order chi connectivity index (χ0) is 14.8. The second-order valence-electron chi connectivity index (χ2n) is 4.32. The van der Waals surface area contributed by atoms with Crippen LogP contribution in [-0.4, -0.2) is 8.42 Å². The Morgan fingerprint density at radius 2 is 2.10 bits per heavy atom. The number of hydrogen-bond acceptors (Lipinski definition) is 4. The lowest BCUT2D eigenvalue weighted by Gasteiger charge is -2.09. The summed E-state index contributed by atoms with van der Waals surface area (Å²) >= 11 is 7.49. The van der Waals surface area contributed by atoms with Gasteiger partial charge in [0.1, 0.15) is 4.90 Å². The number of aryl methyl sites for hydroxylation is 1. The molecular weight excluding hydrogens is 316 g/mol. The maximum Gasteiger partial charge on any atom is 0.242 e. The number of benzene rings is 1. The van der Waals surface area contributed by atoms with Crippen molar-refractivity contribution in [1.82, 2.24) is 4.72 Å². The Morgan fingerprint density at radius 1 is 1.35 bits per heavy atom. The lowest BCUT2D eigenvalue weighted by molar-refractivity contribution is 0.581. The zero-order valence-electron chi connectivity index (χ0n) is 10.9. The second-order valence-corrected chi connectivity index (χ2v) is 7.46. The Kier molecular flexibility index (Phi) is 4.82. The Balaban J connectivity index is 2.24. The minimum absolute atomic E-state index is 0.0660. The number of halogens is 1. The molecule has 0 amide bonds. The van der Waals surface area contributed by atoms with Crippen molar-refractivity contribution in [3.63, 3.8) is 0 Å². The van der Waals surface area contributed by atoms with E-state index < -0.39 is 10.0 Å². The summed E-state index contributed by atoms with van der Waals surface area (Å²) < 4.78 is 27.2. The van der Waals surface area contributed by atoms with Crippen LogP contribution < -0.4 is 10.5 Å². The van der Waals surface area contributed by atoms with E-state index in [1.54, 1.807) is 12.1 Å². The van der Waals surface area contributed by atoms with Crippen LogP contribution in [0.1, 0.15) is 16.0 Å². The van der Waals surface area contributed by atoms with Gasteiger partial charge in [-0.25, -0.2) is 13.1 Å². The molecule has 2 rings (SSSR count). The monoisotopic (exact) mass is 330 g/mol. The van der Waals surface area contributed by atoms with Crippen molar-refractivity contribution in [1.29, 1.82) is 0 Å². The van der Waals surface area contributed by atoms with Gasteiger partial charge in [-0.05, 0) is 41.6 Å². The van der Waals surface area contributed by atoms with Crippen molar-refractivity contribution in [3.05, 3.63) is 50.7 Å². The van der Waals surface area contributed by atoms with Gasteiger partial charge in [0.25, 0.3) is 0 Å². The smallest absolute Gasteiger partial charge is 0.242 e. The molecule has 0 radical (unpaired) electrons. The fourth-order valence-corrected chi connectivity index (χ4v) is 4.18. The van der Waals surface area contributed by atoms with Gasteiger partial charge in [0.2, 0.25) is 10.0 Å². The summed E-state index contributed by atoms with van der Waals surface area (Å²) in [6.45, 7) is 2.47. The van der Waals surface area contributed by atoms with E-state index >= 15 is 0 Å². The van der Waals surface area contributed by atoms with E-state index in [0.29, 0.717) is 0 Å². The number of hydrogen-bond donors (Lipinski definition) is 2. The number of rotatable bonds is 5. The molecule has 20 heavy (non-hydrogen) atoms. The molecule has 1 aromatic carbocycles. The first-order valence-corrected chi connectivity index (χ1v) is 8.69. The predicted molar refractivity (Wildman–Crippen MR) is 82.4 cm³/mol. The number of nitrogens with one attached hydrogen (secondary N) is 1. The minimum atomic E-state index is -3.65. The summed E-state index contributed by atoms with van der Waals surface area (Å²) in [5.41, 5.74) is 7.32. The van der Waals surface area contributed by atoms with Crippen LogP contribution in [0.3, 0.4) is 0 Å². The van der Waals surface area contributed by atoms with Gasteiger partial charge in [0.15, 0.2) is 0 Å². The Bertz CT molecular complexity index is 711. The Labute approximate surface area is 127 Å². The molecule has 108 valence electrons. The van der Waals surface area contributed by atoms with Gasteiger partial charge in [0.05, 0.1) is 5.02 Å². The lowest BCUT2D eigenvalue weighted by Crippen LogP contribution is -2.23. The second kappa shape index (κ2) is 6.24. The van der Waals surface area contributed by atoms with Crippen LogP contribution in [-0.2, 0) is 23.1 Å². The van der Waals surface area contributed by atoms with Gasteiger partial charge < -0.3 is 5.73 Å². The highest BCUT2D eigenvalue weighted by Crippen LogP contribution is 2.23. The van der Waals surface area contributed by atoms with E-state index in [1.165, 1.54) is 17.4 Å². The van der Waals surface area contributed by atoms with Crippen molar-refractivity contribution >= 4 is 33.0 Å². The normalized spacial score (nSPS) is 11.8. The van der Waals surface area contributed by atoms with Crippen LogP contribution >= 0.6 is 22.9 Å². The molecule has 0 unspecified atom stereocenters. The first kappa shape index (κ1) is 15.5. The highest BCUT2D eigenvalue weighted by molar-refractivity contribution is 7.89. The molecule has 1 heterocycles. The van der Waals surface area contributed by atoms with Gasteiger partial charge in [0, 0.05) is 18.0 Å². The van der Waals surface area contributed by atoms with Crippen LogP contribution in [0.2, 0.25) is 5.02 Å². The average Bonchev–Trinajstić information content (AvgIpc) is 2.82. The first-order chi connectivity index (χ1) is 9.44. The summed E-state index contributed by atoms with van der Waals surface area (Å²) in [5, 5.41) is 2.12. The van der Waals surface area contributed by atoms with Crippen molar-refractivity contribution < 1.29 is 8.42 Å². The molecule has 0 fully saturated rings. The molecule has 1 aromatic heterocycles. The van der Waals surface area contributed by atoms with Crippen molar-refractivity contribution in [2.75, 3.05) is 0 Å². The molecule has 0 aliphatic carbocycles. The minimum Gasteiger partial charge on any atom is -0.326 e. The van der Waals surface area contributed by atoms with E-state index in [9.17, 15) is 8.42 Å². The van der Waals surface area contributed by atoms with E-state index in [-0.39, 0.29) is 23.0 Å². The third kappa shape index (κ3) is 3.39. The zero-order valence-corrected chi connectivity index (χ0v) is 13.3. The number of sulfonamides is 1. The third-order valence-corrected chi connectivity index (χ3v) is 5.82. The Hall–Kier alpha value is -0.920. The SMILES string of the molecule is Cc1ccsc1CNS(=O)(=O)c1cc(CN)ccc1Cl. The van der Waals surface area contributed by atoms with Crippen LogP contribution in [0.4, 0.5) is 0 Å². The van der Waals surface area contributed by atoms with E-state index in [0.717, 1.165) is 16.0 Å². The molecular formula is C13H15ClN2O2S2. The summed E-state index contributed by atoms with van der Waals surface area (Å²) in [5.74, 6) is 0. The van der Waals surface area contributed by atoms with Crippen molar-refractivity contribution in [3.8, 4) is 0 Å². The quantitative estimate of drug-likeness (QED) is 0.885. The van der Waals surface area contributed by atoms with Crippen LogP contribution in [0, 0.1) is 6.92 Å². The first-order valence-electron chi connectivity index (χ1n) is 5.95. The summed E-state index contributed by atoms with van der Waals surface area (Å²) in [6.07, 6.45) is 0. The average molecular weight is 331 g/mol. The summed E-state index contributed by atoms with van der Waals surface area (Å²) in [4.78, 5) is 1.05. The standard InChI is InChI=1S/C13H15ClN2O2S2/c1-9-4-5-19-12(9)8-16-20(17,18)13-6-10(7-15)2-3-11(13)14/h2-6,16H,7-8,15H2,1H3. The highest BCUT2D eigenvalue weighted by Gasteiger charge is 2.18. The molecule has 0 aliphatic heterocycles. The maximum atomic E-state index is 12.3. The molecule has 0 aliphatic rings. The van der Waals surface area contributed by atoms with Crippen molar-refractivity contribution in [2.45, 2.75) is 24.9 Å². The van der Waals surface area contributed by atoms with E-state index in [1.807, 2.05) is 18.4 Å². The molecule has 3 N–H and O–H groups in total. The fourth-order valence-electron chi connectivity index (χ4n) is 1.70. The highest BCUT2D eigenvalue weighted by atomic mass is 35.5. The Morgan fingerprint density at radius 3 is 2.70 bits per heavy atom. The van der Waals surface area contributed by atoms with Crippen LogP contribution in [0.15, 0.2) is 34.5 Å². The molecule has 0 spiro atoms. The molecule has 7 heteroatoms. The fraction of sp³-hybridized carbons (Fsp3) is 0.231. The van der Waals surface area contributed by atoms with E-state index in [4.69, 9.17) is 17.3 Å². The predicted octanol–water partition coefficient (Wildman–Crippen LogP) is 2.65. The summed E-state index contributed by atoms with van der Waals surface area (Å²) in [6, 6.07) is 6.72. The maximum absolute atomic E-state index is 12.3. The van der Waals surface area contributed by atoms with Gasteiger partial charge in [-0.2, -0.15) is 0 Å². The van der Waals surface area contributed by atoms with Gasteiger partial charge in [-0.1, -0.05) is 17.7 Å². The molecule has 0 saturated carbocycles. The topological polar surface area (TPSA) is 72.2 Å². The van der Waals surface area contributed by atoms with Gasteiger partial charge >= 0.3 is 0 Å². The molecule has 4 nitrogen and oxygen atoms in total. The van der Waals surface area contributed by atoms with Gasteiger partial charge in [-0.3, -0.25) is 0 Å². The summed E-state index contributed by atoms with van der Waals surface area (Å²) in [7, 11) is -3.65. The van der Waals surface area contributed by atoms with Crippen molar-refractivity contribution in [2.24, 2.45) is 5.73 Å². The largest absolute Gasteiger partial charge is 0.326 e. The molecule has 0 atom stereocenters. The number of thiophene rings is 1. The number of nitrogens with two attached hydrogens (primary N) is 1. The van der Waals surface area contributed by atoms with Gasteiger partial charge in [-0.15, -0.1) is 11.3 Å². The van der Waals surface area contributed by atoms with Crippen LogP contribution in [0.5, 0.6) is 0 Å².